The van der Waals surface area contributed by atoms with E-state index in [4.69, 9.17) is 21.1 Å². The highest BCUT2D eigenvalue weighted by Gasteiger charge is 2.31. The first-order valence-electron chi connectivity index (χ1n) is 7.44. The first-order valence-corrected chi connectivity index (χ1v) is 7.82. The molecule has 1 aliphatic heterocycles. The van der Waals surface area contributed by atoms with Gasteiger partial charge < -0.3 is 20.1 Å². The van der Waals surface area contributed by atoms with Gasteiger partial charge in [-0.2, -0.15) is 0 Å². The van der Waals surface area contributed by atoms with Crippen molar-refractivity contribution in [2.24, 2.45) is 0 Å². The molecule has 0 saturated carbocycles. The standard InChI is InChI=1S/C16H19ClN2O5/c1-23-13-5-3-9(7-10(13)17)8-12(16(22)24-2)19-15(21)11-4-6-14(20)18-11/h3,5,7,11-12H,4,6,8H2,1-2H3,(H,18,20)(H,19,21)/t11-,12-/m1/s1. The minimum Gasteiger partial charge on any atom is -0.495 e. The van der Waals surface area contributed by atoms with Gasteiger partial charge in [-0.05, 0) is 24.1 Å². The van der Waals surface area contributed by atoms with Crippen molar-refractivity contribution in [3.05, 3.63) is 28.8 Å². The van der Waals surface area contributed by atoms with Crippen molar-refractivity contribution in [3.8, 4) is 5.75 Å². The Bertz CT molecular complexity index is 649. The molecule has 0 radical (unpaired) electrons. The average molecular weight is 355 g/mol. The van der Waals surface area contributed by atoms with Crippen LogP contribution < -0.4 is 15.4 Å². The number of amides is 2. The van der Waals surface area contributed by atoms with Gasteiger partial charge in [0, 0.05) is 12.8 Å². The molecular formula is C16H19ClN2O5. The molecule has 1 aromatic rings. The second-order valence-corrected chi connectivity index (χ2v) is 5.82. The van der Waals surface area contributed by atoms with Gasteiger partial charge in [0.05, 0.1) is 19.2 Å². The Morgan fingerprint density at radius 3 is 2.71 bits per heavy atom. The third-order valence-corrected chi connectivity index (χ3v) is 4.07. The number of ether oxygens (including phenoxy) is 2. The summed E-state index contributed by atoms with van der Waals surface area (Å²) in [4.78, 5) is 35.4. The van der Waals surface area contributed by atoms with E-state index in [0.29, 0.717) is 23.6 Å². The topological polar surface area (TPSA) is 93.7 Å². The summed E-state index contributed by atoms with van der Waals surface area (Å²) in [6.07, 6.45) is 0.921. The third kappa shape index (κ3) is 4.38. The highest BCUT2D eigenvalue weighted by atomic mass is 35.5. The normalized spacial score (nSPS) is 17.8. The van der Waals surface area contributed by atoms with Crippen LogP contribution in [0.4, 0.5) is 0 Å². The Balaban J connectivity index is 2.08. The van der Waals surface area contributed by atoms with E-state index in [9.17, 15) is 14.4 Å². The average Bonchev–Trinajstić information content (AvgIpc) is 3.00. The summed E-state index contributed by atoms with van der Waals surface area (Å²) in [6, 6.07) is 3.61. The molecule has 1 fully saturated rings. The minimum absolute atomic E-state index is 0.174. The van der Waals surface area contributed by atoms with Crippen LogP contribution in [-0.2, 0) is 25.5 Å². The van der Waals surface area contributed by atoms with Crippen LogP contribution in [0.5, 0.6) is 5.75 Å². The van der Waals surface area contributed by atoms with Crippen LogP contribution in [0.15, 0.2) is 18.2 Å². The molecule has 130 valence electrons. The van der Waals surface area contributed by atoms with E-state index in [-0.39, 0.29) is 12.3 Å². The van der Waals surface area contributed by atoms with E-state index in [1.54, 1.807) is 18.2 Å². The number of methoxy groups -OCH3 is 2. The fourth-order valence-corrected chi connectivity index (χ4v) is 2.77. The van der Waals surface area contributed by atoms with Crippen molar-refractivity contribution in [1.82, 2.24) is 10.6 Å². The summed E-state index contributed by atoms with van der Waals surface area (Å²) in [7, 11) is 2.76. The molecule has 0 aliphatic carbocycles. The molecule has 0 spiro atoms. The van der Waals surface area contributed by atoms with Gasteiger partial charge in [0.15, 0.2) is 0 Å². The molecule has 2 rings (SSSR count). The Morgan fingerprint density at radius 2 is 2.17 bits per heavy atom. The van der Waals surface area contributed by atoms with Gasteiger partial charge in [0.1, 0.15) is 17.8 Å². The van der Waals surface area contributed by atoms with E-state index in [2.05, 4.69) is 10.6 Å². The zero-order chi connectivity index (χ0) is 17.7. The van der Waals surface area contributed by atoms with Gasteiger partial charge in [0.2, 0.25) is 11.8 Å². The molecule has 0 bridgehead atoms. The molecule has 8 heteroatoms. The van der Waals surface area contributed by atoms with Crippen LogP contribution in [0.25, 0.3) is 0 Å². The number of carbonyl (C=O) groups excluding carboxylic acids is 3. The lowest BCUT2D eigenvalue weighted by molar-refractivity contribution is -0.145. The number of nitrogens with one attached hydrogen (secondary N) is 2. The van der Waals surface area contributed by atoms with Gasteiger partial charge in [-0.3, -0.25) is 9.59 Å². The first kappa shape index (κ1) is 18.1. The monoisotopic (exact) mass is 354 g/mol. The number of hydrogen-bond acceptors (Lipinski definition) is 5. The van der Waals surface area contributed by atoms with Crippen LogP contribution in [0.3, 0.4) is 0 Å². The lowest BCUT2D eigenvalue weighted by Gasteiger charge is -2.19. The fraction of sp³-hybridized carbons (Fsp3) is 0.438. The summed E-state index contributed by atoms with van der Waals surface area (Å²) < 4.78 is 9.83. The maximum absolute atomic E-state index is 12.2. The van der Waals surface area contributed by atoms with E-state index in [1.807, 2.05) is 0 Å². The van der Waals surface area contributed by atoms with Crippen molar-refractivity contribution >= 4 is 29.4 Å². The van der Waals surface area contributed by atoms with Crippen LogP contribution >= 0.6 is 11.6 Å². The van der Waals surface area contributed by atoms with Crippen molar-refractivity contribution < 1.29 is 23.9 Å². The number of carbonyl (C=O) groups is 3. The Kier molecular flexibility index (Phi) is 6.03. The minimum atomic E-state index is -0.871. The number of halogens is 1. The van der Waals surface area contributed by atoms with E-state index in [1.165, 1.54) is 14.2 Å². The number of hydrogen-bond donors (Lipinski definition) is 2. The first-order chi connectivity index (χ1) is 11.4. The van der Waals surface area contributed by atoms with Gasteiger partial charge >= 0.3 is 5.97 Å². The molecule has 1 aliphatic rings. The summed E-state index contributed by atoms with van der Waals surface area (Å²) in [5.74, 6) is -0.630. The second-order valence-electron chi connectivity index (χ2n) is 5.42. The van der Waals surface area contributed by atoms with Crippen LogP contribution in [0.2, 0.25) is 5.02 Å². The van der Waals surface area contributed by atoms with Crippen LogP contribution in [-0.4, -0.2) is 44.1 Å². The predicted molar refractivity (Wildman–Crippen MR) is 86.8 cm³/mol. The summed E-state index contributed by atoms with van der Waals surface area (Å²) >= 11 is 6.08. The maximum Gasteiger partial charge on any atom is 0.328 e. The Morgan fingerprint density at radius 1 is 1.42 bits per heavy atom. The SMILES string of the molecule is COC(=O)[C@@H](Cc1ccc(OC)c(Cl)c1)NC(=O)[C@H]1CCC(=O)N1. The van der Waals surface area contributed by atoms with Crippen LogP contribution in [0, 0.1) is 0 Å². The highest BCUT2D eigenvalue weighted by molar-refractivity contribution is 6.32. The van der Waals surface area contributed by atoms with E-state index in [0.717, 1.165) is 5.56 Å². The molecule has 0 unspecified atom stereocenters. The lowest BCUT2D eigenvalue weighted by atomic mass is 10.0. The second kappa shape index (κ2) is 8.01. The Labute approximate surface area is 144 Å². The molecule has 1 saturated heterocycles. The largest absolute Gasteiger partial charge is 0.495 e. The maximum atomic E-state index is 12.2. The molecular weight excluding hydrogens is 336 g/mol. The zero-order valence-electron chi connectivity index (χ0n) is 13.4. The molecule has 2 N–H and O–H groups in total. The zero-order valence-corrected chi connectivity index (χ0v) is 14.2. The summed E-state index contributed by atoms with van der Waals surface area (Å²) in [6.45, 7) is 0. The van der Waals surface area contributed by atoms with Crippen molar-refractivity contribution in [2.75, 3.05) is 14.2 Å². The molecule has 1 heterocycles. The van der Waals surface area contributed by atoms with E-state index < -0.39 is 24.0 Å². The molecule has 2 amide bonds. The molecule has 1 aromatic carbocycles. The smallest absolute Gasteiger partial charge is 0.328 e. The molecule has 24 heavy (non-hydrogen) atoms. The number of rotatable bonds is 6. The van der Waals surface area contributed by atoms with Crippen molar-refractivity contribution in [1.29, 1.82) is 0 Å². The molecule has 7 nitrogen and oxygen atoms in total. The molecule has 0 aromatic heterocycles. The number of esters is 1. The Hall–Kier alpha value is -2.28. The highest BCUT2D eigenvalue weighted by Crippen LogP contribution is 2.25. The van der Waals surface area contributed by atoms with Gasteiger partial charge in [-0.15, -0.1) is 0 Å². The van der Waals surface area contributed by atoms with Gasteiger partial charge in [-0.1, -0.05) is 17.7 Å². The summed E-state index contributed by atoms with van der Waals surface area (Å²) in [5.41, 5.74) is 0.743. The predicted octanol–water partition coefficient (Wildman–Crippen LogP) is 0.827. The van der Waals surface area contributed by atoms with Crippen LogP contribution in [0.1, 0.15) is 18.4 Å². The lowest BCUT2D eigenvalue weighted by Crippen LogP contribution is -2.49. The third-order valence-electron chi connectivity index (χ3n) is 3.77. The van der Waals surface area contributed by atoms with Crippen molar-refractivity contribution in [2.45, 2.75) is 31.3 Å². The summed E-state index contributed by atoms with van der Waals surface area (Å²) in [5, 5.41) is 5.60. The van der Waals surface area contributed by atoms with E-state index >= 15 is 0 Å². The quantitative estimate of drug-likeness (QED) is 0.738. The fourth-order valence-electron chi connectivity index (χ4n) is 2.49. The number of benzene rings is 1. The van der Waals surface area contributed by atoms with Gasteiger partial charge in [-0.25, -0.2) is 4.79 Å². The van der Waals surface area contributed by atoms with Crippen molar-refractivity contribution in [3.63, 3.8) is 0 Å². The van der Waals surface area contributed by atoms with Gasteiger partial charge in [0.25, 0.3) is 0 Å². The molecule has 2 atom stereocenters.